The molecule has 2 atom stereocenters. The van der Waals surface area contributed by atoms with Crippen molar-refractivity contribution in [2.45, 2.75) is 39.2 Å². The third-order valence-electron chi connectivity index (χ3n) is 4.48. The van der Waals surface area contributed by atoms with Gasteiger partial charge < -0.3 is 9.80 Å². The maximum Gasteiger partial charge on any atom is 0.245 e. The second kappa shape index (κ2) is 6.34. The lowest BCUT2D eigenvalue weighted by Gasteiger charge is -2.30. The van der Waals surface area contributed by atoms with Gasteiger partial charge in [0.05, 0.1) is 17.4 Å². The van der Waals surface area contributed by atoms with E-state index in [0.29, 0.717) is 32.5 Å². The van der Waals surface area contributed by atoms with Crippen LogP contribution in [0.15, 0.2) is 0 Å². The molecule has 0 aromatic rings. The van der Waals surface area contributed by atoms with Gasteiger partial charge in [0.15, 0.2) is 9.84 Å². The van der Waals surface area contributed by atoms with Crippen LogP contribution in [0, 0.1) is 5.92 Å². The minimum atomic E-state index is -3.08. The number of carbonyl (C=O) groups excluding carboxylic acids is 2. The van der Waals surface area contributed by atoms with E-state index in [-0.39, 0.29) is 23.3 Å². The van der Waals surface area contributed by atoms with E-state index in [2.05, 4.69) is 0 Å². The van der Waals surface area contributed by atoms with Gasteiger partial charge in [-0.05, 0) is 33.1 Å². The summed E-state index contributed by atoms with van der Waals surface area (Å²) in [5, 5.41) is 0. The highest BCUT2D eigenvalue weighted by molar-refractivity contribution is 7.91. The van der Waals surface area contributed by atoms with Crippen molar-refractivity contribution in [1.82, 2.24) is 9.80 Å². The lowest BCUT2D eigenvalue weighted by molar-refractivity contribution is -0.145. The molecule has 0 radical (unpaired) electrons. The minimum absolute atomic E-state index is 0.00768. The zero-order valence-electron chi connectivity index (χ0n) is 12.7. The van der Waals surface area contributed by atoms with Gasteiger partial charge in [-0.15, -0.1) is 0 Å². The lowest BCUT2D eigenvalue weighted by atomic mass is 10.1. The van der Waals surface area contributed by atoms with Crippen molar-refractivity contribution >= 4 is 21.7 Å². The second-order valence-electron chi connectivity index (χ2n) is 5.80. The largest absolute Gasteiger partial charge is 0.341 e. The summed E-state index contributed by atoms with van der Waals surface area (Å²) >= 11 is 0. The number of likely N-dealkylation sites (N-methyl/N-ethyl adjacent to an activating group) is 1. The molecule has 2 heterocycles. The summed E-state index contributed by atoms with van der Waals surface area (Å²) in [5.41, 5.74) is 0. The Balaban J connectivity index is 2.08. The fourth-order valence-corrected chi connectivity index (χ4v) is 4.99. The average molecular weight is 316 g/mol. The molecule has 2 rings (SSSR count). The molecule has 6 nitrogen and oxygen atoms in total. The molecule has 0 bridgehead atoms. The molecule has 0 saturated carbocycles. The molecule has 2 saturated heterocycles. The van der Waals surface area contributed by atoms with Crippen LogP contribution in [0.2, 0.25) is 0 Å². The average Bonchev–Trinajstić information content (AvgIpc) is 3.05. The van der Waals surface area contributed by atoms with Crippen LogP contribution < -0.4 is 0 Å². The zero-order chi connectivity index (χ0) is 15.6. The third-order valence-corrected chi connectivity index (χ3v) is 6.25. The Hall–Kier alpha value is -1.11. The summed E-state index contributed by atoms with van der Waals surface area (Å²) in [6, 6.07) is -0.402. The maximum atomic E-state index is 12.5. The van der Waals surface area contributed by atoms with E-state index < -0.39 is 21.8 Å². The van der Waals surface area contributed by atoms with Gasteiger partial charge in [0.2, 0.25) is 11.8 Å². The molecule has 0 aromatic heterocycles. The van der Waals surface area contributed by atoms with Crippen LogP contribution in [0.5, 0.6) is 0 Å². The van der Waals surface area contributed by atoms with Crippen molar-refractivity contribution < 1.29 is 18.0 Å². The van der Waals surface area contributed by atoms with Crippen LogP contribution in [-0.2, 0) is 19.4 Å². The van der Waals surface area contributed by atoms with Gasteiger partial charge in [-0.3, -0.25) is 9.59 Å². The normalized spacial score (nSPS) is 27.8. The summed E-state index contributed by atoms with van der Waals surface area (Å²) in [5.74, 6) is -0.591. The van der Waals surface area contributed by atoms with Gasteiger partial charge in [0, 0.05) is 19.6 Å². The Kier molecular flexibility index (Phi) is 4.91. The first-order valence-corrected chi connectivity index (χ1v) is 9.51. The van der Waals surface area contributed by atoms with Crippen LogP contribution in [0.25, 0.3) is 0 Å². The highest BCUT2D eigenvalue weighted by Gasteiger charge is 2.41. The molecule has 2 fully saturated rings. The quantitative estimate of drug-likeness (QED) is 0.747. The fourth-order valence-electron chi connectivity index (χ4n) is 3.26. The standard InChI is InChI=1S/C14H24N2O4S/c1-3-15(4-2)14(18)12-6-5-8-16(12)13(17)11-7-9-21(19,20)10-11/h11-12H,3-10H2,1-2H3. The SMILES string of the molecule is CCN(CC)C(=O)C1CCCN1C(=O)C1CCS(=O)(=O)C1. The molecule has 7 heteroatoms. The number of sulfone groups is 1. The summed E-state index contributed by atoms with van der Waals surface area (Å²) in [4.78, 5) is 28.4. The van der Waals surface area contributed by atoms with Crippen molar-refractivity contribution in [3.05, 3.63) is 0 Å². The monoisotopic (exact) mass is 316 g/mol. The first-order valence-electron chi connectivity index (χ1n) is 7.69. The van der Waals surface area contributed by atoms with Gasteiger partial charge in [-0.1, -0.05) is 0 Å². The summed E-state index contributed by atoms with van der Waals surface area (Å²) in [6.45, 7) is 5.67. The molecule has 21 heavy (non-hydrogen) atoms. The second-order valence-corrected chi connectivity index (χ2v) is 8.03. The molecule has 2 amide bonds. The predicted octanol–water partition coefficient (Wildman–Crippen LogP) is 0.281. The first kappa shape index (κ1) is 16.3. The van der Waals surface area contributed by atoms with Crippen molar-refractivity contribution in [2.75, 3.05) is 31.1 Å². The topological polar surface area (TPSA) is 74.8 Å². The highest BCUT2D eigenvalue weighted by atomic mass is 32.2. The van der Waals surface area contributed by atoms with E-state index in [1.165, 1.54) is 0 Å². The number of rotatable bonds is 4. The molecular weight excluding hydrogens is 292 g/mol. The first-order chi connectivity index (χ1) is 9.89. The summed E-state index contributed by atoms with van der Waals surface area (Å²) in [6.07, 6.45) is 1.88. The van der Waals surface area contributed by atoms with Crippen molar-refractivity contribution in [3.63, 3.8) is 0 Å². The Labute approximate surface area is 126 Å². The lowest BCUT2D eigenvalue weighted by Crippen LogP contribution is -2.49. The minimum Gasteiger partial charge on any atom is -0.341 e. The highest BCUT2D eigenvalue weighted by Crippen LogP contribution is 2.26. The molecule has 2 unspecified atom stereocenters. The number of likely N-dealkylation sites (tertiary alicyclic amines) is 1. The molecular formula is C14H24N2O4S. The molecule has 0 N–H and O–H groups in total. The van der Waals surface area contributed by atoms with Crippen LogP contribution in [0.1, 0.15) is 33.1 Å². The molecule has 0 spiro atoms. The van der Waals surface area contributed by atoms with Gasteiger partial charge in [0.25, 0.3) is 0 Å². The number of nitrogens with zero attached hydrogens (tertiary/aromatic N) is 2. The van der Waals surface area contributed by atoms with Gasteiger partial charge in [-0.2, -0.15) is 0 Å². The Bertz CT molecular complexity index is 513. The maximum absolute atomic E-state index is 12.5. The Morgan fingerprint density at radius 2 is 1.86 bits per heavy atom. The van der Waals surface area contributed by atoms with Crippen molar-refractivity contribution in [3.8, 4) is 0 Å². The molecule has 0 aromatic carbocycles. The van der Waals surface area contributed by atoms with Gasteiger partial charge in [0.1, 0.15) is 6.04 Å². The molecule has 120 valence electrons. The third kappa shape index (κ3) is 3.39. The van der Waals surface area contributed by atoms with E-state index in [1.54, 1.807) is 9.80 Å². The van der Waals surface area contributed by atoms with E-state index in [0.717, 1.165) is 6.42 Å². The van der Waals surface area contributed by atoms with E-state index >= 15 is 0 Å². The van der Waals surface area contributed by atoms with E-state index in [1.807, 2.05) is 13.8 Å². The summed E-state index contributed by atoms with van der Waals surface area (Å²) < 4.78 is 23.1. The smallest absolute Gasteiger partial charge is 0.245 e. The molecule has 0 aliphatic carbocycles. The Morgan fingerprint density at radius 3 is 2.38 bits per heavy atom. The number of amides is 2. The van der Waals surface area contributed by atoms with Crippen molar-refractivity contribution in [2.24, 2.45) is 5.92 Å². The van der Waals surface area contributed by atoms with Crippen LogP contribution in [0.3, 0.4) is 0 Å². The van der Waals surface area contributed by atoms with E-state index in [4.69, 9.17) is 0 Å². The Morgan fingerprint density at radius 1 is 1.19 bits per heavy atom. The van der Waals surface area contributed by atoms with E-state index in [9.17, 15) is 18.0 Å². The van der Waals surface area contributed by atoms with Gasteiger partial charge >= 0.3 is 0 Å². The predicted molar refractivity (Wildman–Crippen MR) is 79.4 cm³/mol. The summed E-state index contributed by atoms with van der Waals surface area (Å²) in [7, 11) is -3.08. The molecule has 2 aliphatic rings. The number of hydrogen-bond donors (Lipinski definition) is 0. The van der Waals surface area contributed by atoms with Crippen LogP contribution in [0.4, 0.5) is 0 Å². The fraction of sp³-hybridized carbons (Fsp3) is 0.857. The van der Waals surface area contributed by atoms with Crippen molar-refractivity contribution in [1.29, 1.82) is 0 Å². The van der Waals surface area contributed by atoms with Gasteiger partial charge in [-0.25, -0.2) is 8.42 Å². The zero-order valence-corrected chi connectivity index (χ0v) is 13.6. The number of hydrogen-bond acceptors (Lipinski definition) is 4. The number of carbonyl (C=O) groups is 2. The molecule has 2 aliphatic heterocycles. The van der Waals surface area contributed by atoms with Crippen LogP contribution >= 0.6 is 0 Å². The van der Waals surface area contributed by atoms with Crippen LogP contribution in [-0.4, -0.2) is 67.2 Å².